The smallest absolute Gasteiger partial charge is 0.437 e. The number of carbonyl (C=O) groups is 1. The van der Waals surface area contributed by atoms with Crippen LogP contribution in [0.3, 0.4) is 0 Å². The van der Waals surface area contributed by atoms with Crippen molar-refractivity contribution >= 4 is 18.7 Å². The fraction of sp³-hybridized carbons (Fsp3) is 0.391. The number of hydrogen-bond donors (Lipinski definition) is 1. The van der Waals surface area contributed by atoms with Crippen molar-refractivity contribution in [2.75, 3.05) is 26.7 Å². The number of alkyl halides is 3. The number of amides is 1. The van der Waals surface area contributed by atoms with Crippen LogP contribution in [0.2, 0.25) is 0 Å². The standard InChI is InChI=1S/C23H28F3N3O2/c1-5-20(21(28-4)23(24,25)26)31-15-18-12-16(2)13-29(14-18)22(30)19-8-6-17(7-9-19)10-11-27-3/h5-11,16,18,27H,1,4,12-15H2,2-3H3/b11-10-,21-20+. The molecule has 2 rings (SSSR count). The second-order valence-corrected chi connectivity index (χ2v) is 7.54. The zero-order valence-electron chi connectivity index (χ0n) is 17.8. The lowest BCUT2D eigenvalue weighted by Gasteiger charge is -2.36. The number of likely N-dealkylation sites (tertiary alicyclic amines) is 1. The molecule has 0 aliphatic carbocycles. The molecule has 1 aliphatic rings. The molecule has 2 unspecified atom stereocenters. The molecule has 1 fully saturated rings. The maximum Gasteiger partial charge on any atom is 0.437 e. The summed E-state index contributed by atoms with van der Waals surface area (Å²) in [6.45, 7) is 9.39. The van der Waals surface area contributed by atoms with E-state index < -0.39 is 17.6 Å². The summed E-state index contributed by atoms with van der Waals surface area (Å²) in [5, 5.41) is 2.91. The molecule has 0 spiro atoms. The summed E-state index contributed by atoms with van der Waals surface area (Å²) in [6, 6.07) is 7.26. The minimum absolute atomic E-state index is 0.0261. The van der Waals surface area contributed by atoms with Crippen LogP contribution in [0.15, 0.2) is 59.6 Å². The molecule has 8 heteroatoms. The van der Waals surface area contributed by atoms with Crippen LogP contribution in [-0.4, -0.2) is 50.4 Å². The highest BCUT2D eigenvalue weighted by atomic mass is 19.4. The molecule has 2 atom stereocenters. The first-order valence-corrected chi connectivity index (χ1v) is 9.96. The van der Waals surface area contributed by atoms with E-state index in [2.05, 4.69) is 23.6 Å². The molecule has 1 saturated heterocycles. The molecule has 1 aromatic rings. The van der Waals surface area contributed by atoms with Gasteiger partial charge in [0.1, 0.15) is 5.76 Å². The Morgan fingerprint density at radius 2 is 2.00 bits per heavy atom. The Labute approximate surface area is 181 Å². The number of carbonyl (C=O) groups excluding carboxylic acids is 1. The maximum atomic E-state index is 13.1. The highest BCUT2D eigenvalue weighted by molar-refractivity contribution is 5.94. The number of ether oxygens (including phenoxy) is 1. The topological polar surface area (TPSA) is 53.9 Å². The zero-order chi connectivity index (χ0) is 23.0. The van der Waals surface area contributed by atoms with E-state index in [0.717, 1.165) is 18.1 Å². The van der Waals surface area contributed by atoms with Crippen molar-refractivity contribution in [1.29, 1.82) is 0 Å². The van der Waals surface area contributed by atoms with E-state index in [4.69, 9.17) is 4.74 Å². The lowest BCUT2D eigenvalue weighted by Crippen LogP contribution is -2.44. The number of piperidine rings is 1. The maximum absolute atomic E-state index is 13.1. The predicted molar refractivity (Wildman–Crippen MR) is 116 cm³/mol. The van der Waals surface area contributed by atoms with Gasteiger partial charge in [0.05, 0.1) is 6.61 Å². The molecule has 5 nitrogen and oxygen atoms in total. The van der Waals surface area contributed by atoms with Crippen LogP contribution in [-0.2, 0) is 4.74 Å². The summed E-state index contributed by atoms with van der Waals surface area (Å²) in [6.07, 6.45) is 0.734. The van der Waals surface area contributed by atoms with Crippen LogP contribution in [0.25, 0.3) is 6.08 Å². The van der Waals surface area contributed by atoms with Crippen LogP contribution in [0, 0.1) is 11.8 Å². The van der Waals surface area contributed by atoms with Gasteiger partial charge in [0, 0.05) is 31.6 Å². The summed E-state index contributed by atoms with van der Waals surface area (Å²) in [4.78, 5) is 17.7. The van der Waals surface area contributed by atoms with E-state index in [1.54, 1.807) is 30.3 Å². The summed E-state index contributed by atoms with van der Waals surface area (Å²) in [5.74, 6) is -0.479. The molecule has 0 bridgehead atoms. The molecule has 1 aliphatic heterocycles. The van der Waals surface area contributed by atoms with Crippen molar-refractivity contribution in [1.82, 2.24) is 10.2 Å². The molecular weight excluding hydrogens is 407 g/mol. The first kappa shape index (κ1) is 24.2. The van der Waals surface area contributed by atoms with Crippen molar-refractivity contribution in [3.63, 3.8) is 0 Å². The monoisotopic (exact) mass is 435 g/mol. The molecule has 168 valence electrons. The van der Waals surface area contributed by atoms with Crippen LogP contribution in [0.1, 0.15) is 29.3 Å². The normalized spacial score (nSPS) is 20.2. The number of nitrogens with one attached hydrogen (secondary N) is 1. The van der Waals surface area contributed by atoms with Crippen molar-refractivity contribution in [3.05, 3.63) is 65.7 Å². The van der Waals surface area contributed by atoms with Crippen LogP contribution < -0.4 is 5.32 Å². The van der Waals surface area contributed by atoms with E-state index in [1.807, 2.05) is 25.1 Å². The number of nitrogens with zero attached hydrogens (tertiary/aromatic N) is 2. The van der Waals surface area contributed by atoms with Crippen molar-refractivity contribution in [2.45, 2.75) is 19.5 Å². The van der Waals surface area contributed by atoms with E-state index in [0.29, 0.717) is 18.7 Å². The second kappa shape index (κ2) is 10.8. The SMILES string of the molecule is C=C/C(OCC1CC(C)CN(C(=O)c2ccc(/C=C\NC)cc2)C1)=C(\N=C)C(F)(F)F. The average Bonchev–Trinajstić information content (AvgIpc) is 2.73. The van der Waals surface area contributed by atoms with Crippen molar-refractivity contribution in [2.24, 2.45) is 16.8 Å². The molecule has 1 heterocycles. The number of hydrogen-bond acceptors (Lipinski definition) is 4. The number of allylic oxidation sites excluding steroid dienone is 2. The third-order valence-electron chi connectivity index (χ3n) is 4.95. The van der Waals surface area contributed by atoms with E-state index in [1.165, 1.54) is 0 Å². The van der Waals surface area contributed by atoms with Crippen LogP contribution in [0.5, 0.6) is 0 Å². The van der Waals surface area contributed by atoms with Gasteiger partial charge in [0.2, 0.25) is 0 Å². The molecular formula is C23H28F3N3O2. The Hall–Kier alpha value is -3.03. The number of benzene rings is 1. The van der Waals surface area contributed by atoms with Gasteiger partial charge in [-0.15, -0.1) is 0 Å². The lowest BCUT2D eigenvalue weighted by molar-refractivity contribution is -0.0958. The lowest BCUT2D eigenvalue weighted by atomic mass is 9.90. The zero-order valence-corrected chi connectivity index (χ0v) is 17.8. The van der Waals surface area contributed by atoms with Crippen LogP contribution >= 0.6 is 0 Å². The van der Waals surface area contributed by atoms with E-state index in [-0.39, 0.29) is 24.3 Å². The average molecular weight is 435 g/mol. The molecule has 0 radical (unpaired) electrons. The highest BCUT2D eigenvalue weighted by Crippen LogP contribution is 2.31. The van der Waals surface area contributed by atoms with Gasteiger partial charge in [-0.25, -0.2) is 0 Å². The van der Waals surface area contributed by atoms with Crippen molar-refractivity contribution in [3.8, 4) is 0 Å². The van der Waals surface area contributed by atoms with Gasteiger partial charge in [0.15, 0.2) is 5.70 Å². The molecule has 1 N–H and O–H groups in total. The quantitative estimate of drug-likeness (QED) is 0.367. The Kier molecular flexibility index (Phi) is 8.47. The minimum Gasteiger partial charge on any atom is -0.491 e. The molecule has 0 saturated carbocycles. The van der Waals surface area contributed by atoms with Crippen molar-refractivity contribution < 1.29 is 22.7 Å². The second-order valence-electron chi connectivity index (χ2n) is 7.54. The molecule has 31 heavy (non-hydrogen) atoms. The fourth-order valence-corrected chi connectivity index (χ4v) is 3.60. The fourth-order valence-electron chi connectivity index (χ4n) is 3.60. The third kappa shape index (κ3) is 6.73. The van der Waals surface area contributed by atoms with Crippen LogP contribution in [0.4, 0.5) is 13.2 Å². The Balaban J connectivity index is 2.08. The Morgan fingerprint density at radius 1 is 1.32 bits per heavy atom. The summed E-state index contributed by atoms with van der Waals surface area (Å²) < 4.78 is 44.6. The largest absolute Gasteiger partial charge is 0.491 e. The van der Waals surface area contributed by atoms with Gasteiger partial charge in [-0.2, -0.15) is 13.2 Å². The summed E-state index contributed by atoms with van der Waals surface area (Å²) >= 11 is 0. The summed E-state index contributed by atoms with van der Waals surface area (Å²) in [5.41, 5.74) is 0.327. The van der Waals surface area contributed by atoms with Gasteiger partial charge in [-0.05, 0) is 55.1 Å². The van der Waals surface area contributed by atoms with Gasteiger partial charge in [-0.1, -0.05) is 25.6 Å². The first-order valence-electron chi connectivity index (χ1n) is 9.96. The van der Waals surface area contributed by atoms with Gasteiger partial charge < -0.3 is 15.0 Å². The number of rotatable bonds is 8. The minimum atomic E-state index is -4.68. The third-order valence-corrected chi connectivity index (χ3v) is 4.95. The van der Waals surface area contributed by atoms with E-state index >= 15 is 0 Å². The highest BCUT2D eigenvalue weighted by Gasteiger charge is 2.37. The first-order chi connectivity index (χ1) is 14.7. The molecule has 1 aromatic carbocycles. The van der Waals surface area contributed by atoms with Gasteiger partial charge >= 0.3 is 6.18 Å². The molecule has 1 amide bonds. The number of halogens is 3. The van der Waals surface area contributed by atoms with Gasteiger partial charge in [-0.3, -0.25) is 9.79 Å². The van der Waals surface area contributed by atoms with Gasteiger partial charge in [0.25, 0.3) is 5.91 Å². The Morgan fingerprint density at radius 3 is 2.55 bits per heavy atom. The predicted octanol–water partition coefficient (Wildman–Crippen LogP) is 4.65. The van der Waals surface area contributed by atoms with E-state index in [9.17, 15) is 18.0 Å². The summed E-state index contributed by atoms with van der Waals surface area (Å²) in [7, 11) is 1.80. The Bertz CT molecular complexity index is 845. The number of aliphatic imine (C=N–C) groups is 1. The molecule has 0 aromatic heterocycles.